The number of amides is 3. The molecule has 0 aliphatic heterocycles. The zero-order chi connectivity index (χ0) is 33.1. The number of phenols is 1. The summed E-state index contributed by atoms with van der Waals surface area (Å²) in [5.74, 6) is -2.79. The fraction of sp³-hybridized carbons (Fsp3) is 0.222. The number of ether oxygens (including phenoxy) is 1. The van der Waals surface area contributed by atoms with Crippen LogP contribution < -0.4 is 21.1 Å². The highest BCUT2D eigenvalue weighted by Gasteiger charge is 2.28. The number of phenolic OH excluding ortho intramolecular Hbond substituents is 1. The third kappa shape index (κ3) is 9.95. The number of hydrogen-bond donors (Lipinski definition) is 5. The molecule has 0 aliphatic rings. The number of carboxylic acid groups (broad SMARTS) is 1. The van der Waals surface area contributed by atoms with Crippen LogP contribution >= 0.6 is 0 Å². The molecule has 46 heavy (non-hydrogen) atoms. The van der Waals surface area contributed by atoms with Crippen molar-refractivity contribution in [3.63, 3.8) is 0 Å². The van der Waals surface area contributed by atoms with Gasteiger partial charge in [0.05, 0.1) is 0 Å². The Morgan fingerprint density at radius 3 is 1.76 bits per heavy atom. The second-order valence-electron chi connectivity index (χ2n) is 11.1. The molecule has 10 heteroatoms. The molecule has 0 radical (unpaired) electrons. The summed E-state index contributed by atoms with van der Waals surface area (Å²) in [5, 5.41) is 24.0. The molecule has 4 rings (SSSR count). The molecule has 0 aromatic heterocycles. The normalized spacial score (nSPS) is 12.7. The predicted octanol–water partition coefficient (Wildman–Crippen LogP) is 3.64. The third-order valence-electron chi connectivity index (χ3n) is 7.45. The summed E-state index contributed by atoms with van der Waals surface area (Å²) in [7, 11) is 0. The lowest BCUT2D eigenvalue weighted by atomic mass is 9.97. The molecule has 10 nitrogen and oxygen atoms in total. The van der Waals surface area contributed by atoms with Crippen molar-refractivity contribution in [2.45, 2.75) is 38.3 Å². The number of aliphatic carboxylic acids is 1. The van der Waals surface area contributed by atoms with Gasteiger partial charge in [0.2, 0.25) is 17.7 Å². The molecule has 6 N–H and O–H groups in total. The van der Waals surface area contributed by atoms with E-state index in [-0.39, 0.29) is 24.5 Å². The summed E-state index contributed by atoms with van der Waals surface area (Å²) >= 11 is 0. The molecule has 0 spiro atoms. The summed E-state index contributed by atoms with van der Waals surface area (Å²) < 4.78 is 5.17. The van der Waals surface area contributed by atoms with Gasteiger partial charge in [-0.25, -0.2) is 4.79 Å². The first-order valence-electron chi connectivity index (χ1n) is 14.8. The molecule has 0 fully saturated rings. The highest BCUT2D eigenvalue weighted by molar-refractivity contribution is 5.92. The summed E-state index contributed by atoms with van der Waals surface area (Å²) in [5.41, 5.74) is 10.0. The molecule has 0 aliphatic carbocycles. The molecule has 0 saturated heterocycles. The van der Waals surface area contributed by atoms with E-state index in [0.717, 1.165) is 22.3 Å². The second-order valence-corrected chi connectivity index (χ2v) is 11.1. The van der Waals surface area contributed by atoms with Crippen molar-refractivity contribution in [2.75, 3.05) is 6.61 Å². The molecule has 0 heterocycles. The quantitative estimate of drug-likeness (QED) is 0.135. The van der Waals surface area contributed by atoms with E-state index in [1.165, 1.54) is 12.1 Å². The van der Waals surface area contributed by atoms with Crippen LogP contribution in [0.4, 0.5) is 0 Å². The minimum Gasteiger partial charge on any atom is -0.508 e. The van der Waals surface area contributed by atoms with Gasteiger partial charge < -0.3 is 31.3 Å². The van der Waals surface area contributed by atoms with Crippen molar-refractivity contribution in [3.8, 4) is 22.6 Å². The Labute approximate surface area is 267 Å². The van der Waals surface area contributed by atoms with Gasteiger partial charge in [-0.3, -0.25) is 14.4 Å². The average Bonchev–Trinajstić information content (AvgIpc) is 3.05. The molecule has 238 valence electrons. The number of aromatic hydroxyl groups is 1. The van der Waals surface area contributed by atoms with E-state index in [9.17, 15) is 24.3 Å². The maximum atomic E-state index is 13.6. The van der Waals surface area contributed by atoms with Gasteiger partial charge in [0, 0.05) is 18.8 Å². The molecule has 0 saturated carbocycles. The second kappa shape index (κ2) is 15.9. The molecule has 0 unspecified atom stereocenters. The van der Waals surface area contributed by atoms with Gasteiger partial charge in [0.1, 0.15) is 23.6 Å². The van der Waals surface area contributed by atoms with E-state index in [0.29, 0.717) is 17.7 Å². The molecule has 4 aromatic carbocycles. The van der Waals surface area contributed by atoms with Gasteiger partial charge in [-0.05, 0) is 58.5 Å². The lowest BCUT2D eigenvalue weighted by Crippen LogP contribution is -2.55. The van der Waals surface area contributed by atoms with E-state index >= 15 is 0 Å². The maximum absolute atomic E-state index is 13.6. The summed E-state index contributed by atoms with van der Waals surface area (Å²) in [6, 6.07) is 28.5. The van der Waals surface area contributed by atoms with Crippen LogP contribution in [-0.2, 0) is 38.4 Å². The van der Waals surface area contributed by atoms with Gasteiger partial charge in [0.25, 0.3) is 0 Å². The largest absolute Gasteiger partial charge is 0.508 e. The van der Waals surface area contributed by atoms with Crippen LogP contribution in [0.15, 0.2) is 103 Å². The molecule has 3 amide bonds. The maximum Gasteiger partial charge on any atom is 0.341 e. The fourth-order valence-electron chi connectivity index (χ4n) is 4.90. The first kappa shape index (κ1) is 33.3. The Balaban J connectivity index is 1.48. The summed E-state index contributed by atoms with van der Waals surface area (Å²) in [6.07, 6.45) is 0.631. The van der Waals surface area contributed by atoms with Gasteiger partial charge in [-0.1, -0.05) is 85.8 Å². The monoisotopic (exact) mass is 623 g/mol. The lowest BCUT2D eigenvalue weighted by molar-refractivity contribution is -0.139. The SMILES string of the molecule is C[C@@H](Cc1ccc(OCC(=O)O)cc1)C(=O)N[C@@H](Cc1ccc(-c2ccccc2)cc1)C(=O)N[C@@H](Cc1ccc(O)cc1)C(N)=O. The highest BCUT2D eigenvalue weighted by atomic mass is 16.5. The van der Waals surface area contributed by atoms with Gasteiger partial charge in [-0.15, -0.1) is 0 Å². The minimum atomic E-state index is -1.08. The van der Waals surface area contributed by atoms with E-state index < -0.39 is 42.4 Å². The fourth-order valence-corrected chi connectivity index (χ4v) is 4.90. The van der Waals surface area contributed by atoms with Crippen LogP contribution in [0.2, 0.25) is 0 Å². The molecular weight excluding hydrogens is 586 g/mol. The molecule has 4 aromatic rings. The number of rotatable bonds is 15. The number of carbonyl (C=O) groups excluding carboxylic acids is 3. The van der Waals surface area contributed by atoms with E-state index in [4.69, 9.17) is 15.6 Å². The number of carboxylic acids is 1. The number of primary amides is 1. The molecule has 3 atom stereocenters. The van der Waals surface area contributed by atoms with Gasteiger partial charge in [0.15, 0.2) is 6.61 Å². The smallest absolute Gasteiger partial charge is 0.341 e. The van der Waals surface area contributed by atoms with Crippen molar-refractivity contribution in [1.82, 2.24) is 10.6 Å². The van der Waals surface area contributed by atoms with E-state index in [1.54, 1.807) is 43.3 Å². The zero-order valence-electron chi connectivity index (χ0n) is 25.4. The van der Waals surface area contributed by atoms with Crippen LogP contribution in [0.3, 0.4) is 0 Å². The number of benzene rings is 4. The minimum absolute atomic E-state index is 0.0704. The Hall–Kier alpha value is -5.64. The first-order valence-corrected chi connectivity index (χ1v) is 14.8. The van der Waals surface area contributed by atoms with Gasteiger partial charge >= 0.3 is 5.97 Å². The van der Waals surface area contributed by atoms with Crippen LogP contribution in [0, 0.1) is 5.92 Å². The van der Waals surface area contributed by atoms with Crippen molar-refractivity contribution in [1.29, 1.82) is 0 Å². The summed E-state index contributed by atoms with van der Waals surface area (Å²) in [6.45, 7) is 1.28. The first-order chi connectivity index (χ1) is 22.1. The molecule has 0 bridgehead atoms. The number of hydrogen-bond acceptors (Lipinski definition) is 6. The zero-order valence-corrected chi connectivity index (χ0v) is 25.4. The predicted molar refractivity (Wildman–Crippen MR) is 173 cm³/mol. The number of carbonyl (C=O) groups is 4. The van der Waals surface area contributed by atoms with Crippen LogP contribution in [0.5, 0.6) is 11.5 Å². The van der Waals surface area contributed by atoms with Crippen molar-refractivity contribution < 1.29 is 34.1 Å². The lowest BCUT2D eigenvalue weighted by Gasteiger charge is -2.24. The standard InChI is InChI=1S/C36H37N3O7/c1-23(19-24-11-17-30(18-12-24)46-22-33(41)42)35(44)39-32(21-25-7-13-28(14-8-25)27-5-3-2-4-6-27)36(45)38-31(34(37)43)20-26-9-15-29(40)16-10-26/h2-18,23,31-32,40H,19-22H2,1H3,(H2,37,43)(H,38,45)(H,39,44)(H,41,42)/t23-,31-,32-/m0/s1. The third-order valence-corrected chi connectivity index (χ3v) is 7.45. The Morgan fingerprint density at radius 2 is 1.17 bits per heavy atom. The van der Waals surface area contributed by atoms with Gasteiger partial charge in [-0.2, -0.15) is 0 Å². The number of nitrogens with one attached hydrogen (secondary N) is 2. The summed E-state index contributed by atoms with van der Waals surface area (Å²) in [4.78, 5) is 50.1. The van der Waals surface area contributed by atoms with Crippen LogP contribution in [0.25, 0.3) is 11.1 Å². The Morgan fingerprint density at radius 1 is 0.674 bits per heavy atom. The Kier molecular flexibility index (Phi) is 11.5. The van der Waals surface area contributed by atoms with Crippen LogP contribution in [-0.4, -0.2) is 52.6 Å². The van der Waals surface area contributed by atoms with Crippen molar-refractivity contribution in [3.05, 3.63) is 120 Å². The van der Waals surface area contributed by atoms with E-state index in [1.807, 2.05) is 54.6 Å². The number of nitrogens with two attached hydrogens (primary N) is 1. The topological polar surface area (TPSA) is 168 Å². The van der Waals surface area contributed by atoms with Crippen molar-refractivity contribution in [2.24, 2.45) is 11.7 Å². The van der Waals surface area contributed by atoms with Crippen LogP contribution in [0.1, 0.15) is 23.6 Å². The van der Waals surface area contributed by atoms with E-state index in [2.05, 4.69) is 10.6 Å². The average molecular weight is 624 g/mol. The van der Waals surface area contributed by atoms with Crippen molar-refractivity contribution >= 4 is 23.7 Å². The Bertz CT molecular complexity index is 1620. The molecular formula is C36H37N3O7. The highest BCUT2D eigenvalue weighted by Crippen LogP contribution is 2.21.